The average Bonchev–Trinajstić information content (AvgIpc) is 3.33. The molecule has 5 aromatic rings. The Bertz CT molecular complexity index is 1740. The van der Waals surface area contributed by atoms with Crippen molar-refractivity contribution in [2.24, 2.45) is 0 Å². The Balaban J connectivity index is 1.38. The van der Waals surface area contributed by atoms with Crippen LogP contribution in [0.1, 0.15) is 34.2 Å². The number of hydrogen-bond donors (Lipinski definition) is 2. The van der Waals surface area contributed by atoms with Gasteiger partial charge in [0.25, 0.3) is 11.5 Å². The molecule has 2 N–H and O–H groups in total. The van der Waals surface area contributed by atoms with Crippen LogP contribution in [-0.4, -0.2) is 25.0 Å². The summed E-state index contributed by atoms with van der Waals surface area (Å²) < 4.78 is 9.13. The predicted octanol–water partition coefficient (Wildman–Crippen LogP) is 4.12. The molecule has 0 aliphatic carbocycles. The molecule has 10 heteroatoms. The molecular formula is C29H26ClN5O4. The number of aromatic nitrogens is 4. The van der Waals surface area contributed by atoms with Crippen LogP contribution in [0, 0.1) is 0 Å². The number of rotatable bonds is 9. The van der Waals surface area contributed by atoms with E-state index in [0.29, 0.717) is 40.8 Å². The van der Waals surface area contributed by atoms with Gasteiger partial charge in [-0.3, -0.25) is 19.1 Å². The normalized spacial score (nSPS) is 11.0. The second-order valence-electron chi connectivity index (χ2n) is 8.90. The van der Waals surface area contributed by atoms with Gasteiger partial charge in [-0.05, 0) is 48.4 Å². The van der Waals surface area contributed by atoms with E-state index < -0.39 is 11.2 Å². The molecule has 3 aromatic carbocycles. The van der Waals surface area contributed by atoms with Gasteiger partial charge in [0.1, 0.15) is 18.2 Å². The quantitative estimate of drug-likeness (QED) is 0.290. The fourth-order valence-electron chi connectivity index (χ4n) is 4.34. The topological polar surface area (TPSA) is 111 Å². The smallest absolute Gasteiger partial charge is 0.330 e. The SMILES string of the molecule is CCn1c(COc2cccc(C(=O)NCc3ccccc3)c2)nc2c1c(=O)[nH]c(=O)n2Cc1ccc(Cl)cc1. The Morgan fingerprint density at radius 1 is 0.974 bits per heavy atom. The number of nitrogens with one attached hydrogen (secondary N) is 2. The molecule has 0 radical (unpaired) electrons. The molecule has 0 bridgehead atoms. The van der Waals surface area contributed by atoms with Crippen LogP contribution in [0.25, 0.3) is 11.2 Å². The van der Waals surface area contributed by atoms with Gasteiger partial charge >= 0.3 is 5.69 Å². The lowest BCUT2D eigenvalue weighted by molar-refractivity contribution is 0.0950. The van der Waals surface area contributed by atoms with Crippen LogP contribution in [0.2, 0.25) is 5.02 Å². The highest BCUT2D eigenvalue weighted by Gasteiger charge is 2.19. The number of benzene rings is 3. The number of imidazole rings is 1. The Hall–Kier alpha value is -4.63. The van der Waals surface area contributed by atoms with Gasteiger partial charge < -0.3 is 14.6 Å². The van der Waals surface area contributed by atoms with Crippen molar-refractivity contribution in [2.75, 3.05) is 0 Å². The highest BCUT2D eigenvalue weighted by molar-refractivity contribution is 6.30. The average molecular weight is 544 g/mol. The Kier molecular flexibility index (Phi) is 7.60. The molecule has 1 amide bonds. The third-order valence-electron chi connectivity index (χ3n) is 6.29. The van der Waals surface area contributed by atoms with Crippen LogP contribution in [0.3, 0.4) is 0 Å². The van der Waals surface area contributed by atoms with Crippen molar-refractivity contribution in [3.05, 3.63) is 127 Å². The number of hydrogen-bond acceptors (Lipinski definition) is 5. The van der Waals surface area contributed by atoms with Gasteiger partial charge in [0.05, 0.1) is 6.54 Å². The largest absolute Gasteiger partial charge is 0.486 e. The number of aromatic amines is 1. The zero-order valence-corrected chi connectivity index (χ0v) is 21.9. The highest BCUT2D eigenvalue weighted by atomic mass is 35.5. The molecule has 2 aromatic heterocycles. The Labute approximate surface area is 228 Å². The minimum atomic E-state index is -0.551. The molecule has 2 heterocycles. The van der Waals surface area contributed by atoms with Gasteiger partial charge in [-0.25, -0.2) is 9.78 Å². The fourth-order valence-corrected chi connectivity index (χ4v) is 4.47. The fraction of sp³-hybridized carbons (Fsp3) is 0.172. The standard InChI is InChI=1S/C29H26ClN5O4/c1-2-34-24(18-39-23-10-6-9-21(15-23)27(36)31-16-19-7-4-3-5-8-19)32-26-25(34)28(37)33-29(38)35(26)17-20-11-13-22(30)14-12-20/h3-15H,2,16-18H2,1H3,(H,31,36)(H,33,37,38). The van der Waals surface area contributed by atoms with Crippen molar-refractivity contribution in [3.8, 4) is 5.75 Å². The Morgan fingerprint density at radius 3 is 2.49 bits per heavy atom. The number of fused-ring (bicyclic) bond motifs is 1. The van der Waals surface area contributed by atoms with E-state index in [-0.39, 0.29) is 24.7 Å². The highest BCUT2D eigenvalue weighted by Crippen LogP contribution is 2.18. The number of carbonyl (C=O) groups excluding carboxylic acids is 1. The van der Waals surface area contributed by atoms with E-state index in [4.69, 9.17) is 16.3 Å². The van der Waals surface area contributed by atoms with Crippen molar-refractivity contribution >= 4 is 28.7 Å². The second kappa shape index (κ2) is 11.4. The number of nitrogens with zero attached hydrogens (tertiary/aromatic N) is 3. The van der Waals surface area contributed by atoms with Gasteiger partial charge in [-0.2, -0.15) is 0 Å². The molecule has 0 aliphatic rings. The lowest BCUT2D eigenvalue weighted by atomic mass is 10.2. The van der Waals surface area contributed by atoms with Gasteiger partial charge in [-0.1, -0.05) is 60.1 Å². The summed E-state index contributed by atoms with van der Waals surface area (Å²) in [4.78, 5) is 45.2. The monoisotopic (exact) mass is 543 g/mol. The summed E-state index contributed by atoms with van der Waals surface area (Å²) in [7, 11) is 0. The summed E-state index contributed by atoms with van der Waals surface area (Å²) in [6, 6.07) is 23.6. The summed E-state index contributed by atoms with van der Waals surface area (Å²) in [6.45, 7) is 2.99. The van der Waals surface area contributed by atoms with Crippen LogP contribution in [0.5, 0.6) is 5.75 Å². The van der Waals surface area contributed by atoms with Crippen molar-refractivity contribution in [3.63, 3.8) is 0 Å². The van der Waals surface area contributed by atoms with Crippen molar-refractivity contribution < 1.29 is 9.53 Å². The maximum atomic E-state index is 12.8. The molecule has 0 saturated carbocycles. The predicted molar refractivity (Wildman–Crippen MR) is 149 cm³/mol. The molecule has 9 nitrogen and oxygen atoms in total. The number of amides is 1. The maximum Gasteiger partial charge on any atom is 0.330 e. The lowest BCUT2D eigenvalue weighted by Gasteiger charge is -2.10. The number of ether oxygens (including phenoxy) is 1. The zero-order chi connectivity index (χ0) is 27.4. The first-order valence-electron chi connectivity index (χ1n) is 12.4. The van der Waals surface area contributed by atoms with Crippen molar-refractivity contribution in [1.29, 1.82) is 0 Å². The zero-order valence-electron chi connectivity index (χ0n) is 21.2. The van der Waals surface area contributed by atoms with Gasteiger partial charge in [0, 0.05) is 23.7 Å². The van der Waals surface area contributed by atoms with Crippen molar-refractivity contribution in [2.45, 2.75) is 33.2 Å². The summed E-state index contributed by atoms with van der Waals surface area (Å²) in [6.07, 6.45) is 0. The van der Waals surface area contributed by atoms with E-state index in [1.807, 2.05) is 49.4 Å². The van der Waals surface area contributed by atoms with E-state index in [2.05, 4.69) is 15.3 Å². The van der Waals surface area contributed by atoms with E-state index >= 15 is 0 Å². The minimum Gasteiger partial charge on any atom is -0.486 e. The molecule has 39 heavy (non-hydrogen) atoms. The molecule has 0 atom stereocenters. The van der Waals surface area contributed by atoms with Crippen LogP contribution in [0.4, 0.5) is 0 Å². The van der Waals surface area contributed by atoms with Gasteiger partial charge in [0.15, 0.2) is 11.2 Å². The number of halogens is 1. The third-order valence-corrected chi connectivity index (χ3v) is 6.55. The molecule has 5 rings (SSSR count). The molecule has 0 saturated heterocycles. The lowest BCUT2D eigenvalue weighted by Crippen LogP contribution is -2.31. The van der Waals surface area contributed by atoms with E-state index in [1.165, 1.54) is 4.57 Å². The summed E-state index contributed by atoms with van der Waals surface area (Å²) in [5.41, 5.74) is 1.79. The Morgan fingerprint density at radius 2 is 1.74 bits per heavy atom. The molecular weight excluding hydrogens is 518 g/mol. The summed E-state index contributed by atoms with van der Waals surface area (Å²) in [5.74, 6) is 0.736. The first-order chi connectivity index (χ1) is 18.9. The minimum absolute atomic E-state index is 0.0339. The maximum absolute atomic E-state index is 12.8. The van der Waals surface area contributed by atoms with Crippen molar-refractivity contribution in [1.82, 2.24) is 24.4 Å². The number of H-pyrrole nitrogens is 1. The van der Waals surface area contributed by atoms with Crippen LogP contribution >= 0.6 is 11.6 Å². The van der Waals surface area contributed by atoms with Gasteiger partial charge in [0.2, 0.25) is 0 Å². The first-order valence-corrected chi connectivity index (χ1v) is 12.8. The molecule has 0 fully saturated rings. The number of aryl methyl sites for hydroxylation is 1. The summed E-state index contributed by atoms with van der Waals surface area (Å²) >= 11 is 5.99. The van der Waals surface area contributed by atoms with Crippen LogP contribution in [0.15, 0.2) is 88.5 Å². The summed E-state index contributed by atoms with van der Waals surface area (Å²) in [5, 5.41) is 3.49. The molecule has 0 aliphatic heterocycles. The van der Waals surface area contributed by atoms with Crippen LogP contribution in [-0.2, 0) is 26.2 Å². The molecule has 198 valence electrons. The van der Waals surface area contributed by atoms with E-state index in [1.54, 1.807) is 41.0 Å². The van der Waals surface area contributed by atoms with E-state index in [9.17, 15) is 14.4 Å². The molecule has 0 unspecified atom stereocenters. The number of carbonyl (C=O) groups is 1. The second-order valence-corrected chi connectivity index (χ2v) is 9.34. The third kappa shape index (κ3) is 5.78. The van der Waals surface area contributed by atoms with Gasteiger partial charge in [-0.15, -0.1) is 0 Å². The first kappa shape index (κ1) is 26.0. The van der Waals surface area contributed by atoms with Crippen LogP contribution < -0.4 is 21.3 Å². The van der Waals surface area contributed by atoms with E-state index in [0.717, 1.165) is 11.1 Å². The molecule has 0 spiro atoms.